The molecule has 3 nitrogen and oxygen atoms in total. The number of hydrogen-bond donors (Lipinski definition) is 1. The maximum absolute atomic E-state index is 14.0. The number of rotatable bonds is 3. The highest BCUT2D eigenvalue weighted by Crippen LogP contribution is 2.33. The molecule has 0 bridgehead atoms. The molecule has 0 saturated carbocycles. The average Bonchev–Trinajstić information content (AvgIpc) is 2.40. The molecule has 1 fully saturated rings. The molecule has 0 aliphatic carbocycles. The first-order chi connectivity index (χ1) is 8.72. The number of anilines is 1. The standard InChI is InChI=1S/C13H17ClFN3/c14-9-12(16)17-11-6-4-5-10(15)13(11)18-7-2-1-3-8-18/h4-6H,1-3,7-9H2,(H2,16,17). The van der Waals surface area contributed by atoms with Gasteiger partial charge in [-0.25, -0.2) is 9.38 Å². The molecule has 1 saturated heterocycles. The summed E-state index contributed by atoms with van der Waals surface area (Å²) in [6.45, 7) is 1.73. The lowest BCUT2D eigenvalue weighted by Crippen LogP contribution is -2.30. The highest BCUT2D eigenvalue weighted by atomic mass is 35.5. The van der Waals surface area contributed by atoms with E-state index in [0.717, 1.165) is 25.9 Å². The van der Waals surface area contributed by atoms with Gasteiger partial charge in [0, 0.05) is 13.1 Å². The van der Waals surface area contributed by atoms with Crippen LogP contribution in [0.1, 0.15) is 19.3 Å². The SMILES string of the molecule is NC(CCl)=Nc1cccc(F)c1N1CCCCC1. The Morgan fingerprint density at radius 3 is 2.72 bits per heavy atom. The van der Waals surface area contributed by atoms with E-state index in [1.165, 1.54) is 12.5 Å². The van der Waals surface area contributed by atoms with E-state index in [2.05, 4.69) is 4.99 Å². The maximum atomic E-state index is 14.0. The number of benzene rings is 1. The number of para-hydroxylation sites is 1. The molecule has 2 N–H and O–H groups in total. The van der Waals surface area contributed by atoms with Crippen LogP contribution in [0.2, 0.25) is 0 Å². The van der Waals surface area contributed by atoms with Crippen LogP contribution in [0.15, 0.2) is 23.2 Å². The molecule has 1 heterocycles. The van der Waals surface area contributed by atoms with Gasteiger partial charge in [0.25, 0.3) is 0 Å². The third-order valence-electron chi connectivity index (χ3n) is 3.04. The van der Waals surface area contributed by atoms with Gasteiger partial charge in [-0.05, 0) is 31.4 Å². The topological polar surface area (TPSA) is 41.6 Å². The van der Waals surface area contributed by atoms with Crippen molar-refractivity contribution in [2.75, 3.05) is 23.9 Å². The molecule has 0 spiro atoms. The molecule has 0 aromatic heterocycles. The first kappa shape index (κ1) is 13.1. The summed E-state index contributed by atoms with van der Waals surface area (Å²) in [4.78, 5) is 6.24. The van der Waals surface area contributed by atoms with Crippen molar-refractivity contribution in [1.82, 2.24) is 0 Å². The lowest BCUT2D eigenvalue weighted by molar-refractivity contribution is 0.557. The van der Waals surface area contributed by atoms with Gasteiger partial charge in [-0.3, -0.25) is 0 Å². The van der Waals surface area contributed by atoms with E-state index in [0.29, 0.717) is 17.2 Å². The average molecular weight is 270 g/mol. The summed E-state index contributed by atoms with van der Waals surface area (Å²) in [5, 5.41) is 0. The monoisotopic (exact) mass is 269 g/mol. The maximum Gasteiger partial charge on any atom is 0.148 e. The van der Waals surface area contributed by atoms with Gasteiger partial charge in [-0.15, -0.1) is 11.6 Å². The molecule has 18 heavy (non-hydrogen) atoms. The fourth-order valence-electron chi connectivity index (χ4n) is 2.21. The van der Waals surface area contributed by atoms with Crippen LogP contribution >= 0.6 is 11.6 Å². The molecule has 5 heteroatoms. The predicted molar refractivity (Wildman–Crippen MR) is 74.5 cm³/mol. The van der Waals surface area contributed by atoms with Crippen molar-refractivity contribution in [3.05, 3.63) is 24.0 Å². The van der Waals surface area contributed by atoms with Gasteiger partial charge >= 0.3 is 0 Å². The first-order valence-corrected chi connectivity index (χ1v) is 6.68. The zero-order chi connectivity index (χ0) is 13.0. The van der Waals surface area contributed by atoms with Gasteiger partial charge in [0.15, 0.2) is 0 Å². The van der Waals surface area contributed by atoms with Crippen molar-refractivity contribution in [3.8, 4) is 0 Å². The summed E-state index contributed by atoms with van der Waals surface area (Å²) >= 11 is 5.62. The molecular weight excluding hydrogens is 253 g/mol. The highest BCUT2D eigenvalue weighted by molar-refractivity contribution is 6.28. The van der Waals surface area contributed by atoms with Gasteiger partial charge in [0.1, 0.15) is 11.7 Å². The molecular formula is C13H17ClFN3. The molecule has 98 valence electrons. The number of hydrogen-bond acceptors (Lipinski definition) is 2. The van der Waals surface area contributed by atoms with Crippen LogP contribution in [0.25, 0.3) is 0 Å². The smallest absolute Gasteiger partial charge is 0.148 e. The Morgan fingerprint density at radius 2 is 2.06 bits per heavy atom. The number of nitrogens with zero attached hydrogens (tertiary/aromatic N) is 2. The second-order valence-electron chi connectivity index (χ2n) is 4.39. The van der Waals surface area contributed by atoms with Crippen LogP contribution in [0, 0.1) is 5.82 Å². The lowest BCUT2D eigenvalue weighted by atomic mass is 10.1. The number of halogens is 2. The Kier molecular flexibility index (Phi) is 4.42. The minimum Gasteiger partial charge on any atom is -0.386 e. The zero-order valence-corrected chi connectivity index (χ0v) is 11.0. The third-order valence-corrected chi connectivity index (χ3v) is 3.31. The van der Waals surface area contributed by atoms with E-state index >= 15 is 0 Å². The number of aliphatic imine (C=N–C) groups is 1. The summed E-state index contributed by atoms with van der Waals surface area (Å²) in [5.41, 5.74) is 6.74. The fraction of sp³-hybridized carbons (Fsp3) is 0.462. The quantitative estimate of drug-likeness (QED) is 0.521. The minimum atomic E-state index is -0.250. The number of alkyl halides is 1. The number of piperidine rings is 1. The van der Waals surface area contributed by atoms with Crippen molar-refractivity contribution in [3.63, 3.8) is 0 Å². The second kappa shape index (κ2) is 6.05. The van der Waals surface area contributed by atoms with Crippen LogP contribution in [0.3, 0.4) is 0 Å². The van der Waals surface area contributed by atoms with Crippen LogP contribution in [0.5, 0.6) is 0 Å². The van der Waals surface area contributed by atoms with Crippen LogP contribution in [-0.2, 0) is 0 Å². The normalized spacial score (nSPS) is 17.0. The van der Waals surface area contributed by atoms with Crippen LogP contribution in [-0.4, -0.2) is 24.8 Å². The van der Waals surface area contributed by atoms with Crippen molar-refractivity contribution < 1.29 is 4.39 Å². The Bertz CT molecular complexity index is 442. The molecule has 0 atom stereocenters. The van der Waals surface area contributed by atoms with Crippen molar-refractivity contribution in [1.29, 1.82) is 0 Å². The molecule has 1 aliphatic rings. The Morgan fingerprint density at radius 1 is 1.33 bits per heavy atom. The number of nitrogens with two attached hydrogens (primary N) is 1. The summed E-state index contributed by atoms with van der Waals surface area (Å²) < 4.78 is 14.0. The summed E-state index contributed by atoms with van der Waals surface area (Å²) in [7, 11) is 0. The Balaban J connectivity index is 2.37. The third kappa shape index (κ3) is 2.93. The van der Waals surface area contributed by atoms with Crippen LogP contribution in [0.4, 0.5) is 15.8 Å². The van der Waals surface area contributed by atoms with E-state index in [4.69, 9.17) is 17.3 Å². The van der Waals surface area contributed by atoms with Gasteiger partial charge in [0.2, 0.25) is 0 Å². The summed E-state index contributed by atoms with van der Waals surface area (Å²) in [5.74, 6) is 0.205. The van der Waals surface area contributed by atoms with E-state index < -0.39 is 0 Å². The van der Waals surface area contributed by atoms with E-state index in [-0.39, 0.29) is 11.7 Å². The molecule has 0 amide bonds. The fourth-order valence-corrected chi connectivity index (χ4v) is 2.27. The molecule has 2 rings (SSSR count). The van der Waals surface area contributed by atoms with Crippen molar-refractivity contribution in [2.45, 2.75) is 19.3 Å². The zero-order valence-electron chi connectivity index (χ0n) is 10.2. The highest BCUT2D eigenvalue weighted by Gasteiger charge is 2.18. The minimum absolute atomic E-state index is 0.149. The first-order valence-electron chi connectivity index (χ1n) is 6.15. The van der Waals surface area contributed by atoms with Gasteiger partial charge in [-0.2, -0.15) is 0 Å². The van der Waals surface area contributed by atoms with Gasteiger partial charge < -0.3 is 10.6 Å². The lowest BCUT2D eigenvalue weighted by Gasteiger charge is -2.30. The molecule has 0 radical (unpaired) electrons. The molecule has 1 aliphatic heterocycles. The van der Waals surface area contributed by atoms with Gasteiger partial charge in [0.05, 0.1) is 17.3 Å². The van der Waals surface area contributed by atoms with Crippen LogP contribution < -0.4 is 10.6 Å². The largest absolute Gasteiger partial charge is 0.386 e. The molecule has 1 aromatic rings. The Labute approximate surface area is 111 Å². The summed E-state index contributed by atoms with van der Waals surface area (Å²) in [6, 6.07) is 4.87. The summed E-state index contributed by atoms with van der Waals surface area (Å²) in [6.07, 6.45) is 3.37. The predicted octanol–water partition coefficient (Wildman–Crippen LogP) is 3.04. The van der Waals surface area contributed by atoms with E-state index in [9.17, 15) is 4.39 Å². The van der Waals surface area contributed by atoms with E-state index in [1.54, 1.807) is 12.1 Å². The van der Waals surface area contributed by atoms with Crippen molar-refractivity contribution in [2.24, 2.45) is 10.7 Å². The second-order valence-corrected chi connectivity index (χ2v) is 4.66. The van der Waals surface area contributed by atoms with Gasteiger partial charge in [-0.1, -0.05) is 6.07 Å². The number of amidine groups is 1. The van der Waals surface area contributed by atoms with E-state index in [1.807, 2.05) is 4.90 Å². The molecule has 0 unspecified atom stereocenters. The Hall–Kier alpha value is -1.29. The molecule has 1 aromatic carbocycles. The van der Waals surface area contributed by atoms with Crippen molar-refractivity contribution >= 4 is 28.8 Å².